The van der Waals surface area contributed by atoms with Crippen molar-refractivity contribution in [3.05, 3.63) is 29.5 Å². The fourth-order valence-corrected chi connectivity index (χ4v) is 5.46. The predicted octanol–water partition coefficient (Wildman–Crippen LogP) is 3.64. The van der Waals surface area contributed by atoms with Crippen molar-refractivity contribution in [1.29, 1.82) is 0 Å². The zero-order valence-corrected chi connectivity index (χ0v) is 22.1. The zero-order chi connectivity index (χ0) is 25.9. The second kappa shape index (κ2) is 10.8. The molecule has 0 radical (unpaired) electrons. The number of carbonyl (C=O) groups is 2. The SMILES string of the molecule is COc1nccc(C)c1C1=CCC(OCC2N(C(=O)OC(C)(C)C)CCCC23COCC(=O)N3)CC1. The van der Waals surface area contributed by atoms with Crippen LogP contribution in [0.15, 0.2) is 18.3 Å². The Balaban J connectivity index is 1.49. The number of likely N-dealkylation sites (tertiary alicyclic amines) is 1. The molecule has 0 bridgehead atoms. The molecule has 1 aliphatic carbocycles. The molecule has 1 aromatic rings. The number of nitrogens with one attached hydrogen (secondary N) is 1. The van der Waals surface area contributed by atoms with Crippen LogP contribution in [0.4, 0.5) is 4.79 Å². The minimum absolute atomic E-state index is 0.0106. The Morgan fingerprint density at radius 3 is 2.83 bits per heavy atom. The summed E-state index contributed by atoms with van der Waals surface area (Å²) in [5.74, 6) is 0.481. The third kappa shape index (κ3) is 5.83. The molecular formula is C27H39N3O6. The summed E-state index contributed by atoms with van der Waals surface area (Å²) in [5.41, 5.74) is 2.12. The Morgan fingerprint density at radius 1 is 1.36 bits per heavy atom. The first-order valence-electron chi connectivity index (χ1n) is 12.8. The molecule has 3 aliphatic rings. The summed E-state index contributed by atoms with van der Waals surface area (Å²) in [6, 6.07) is 1.62. The van der Waals surface area contributed by atoms with E-state index >= 15 is 0 Å². The van der Waals surface area contributed by atoms with Gasteiger partial charge in [-0.25, -0.2) is 9.78 Å². The highest BCUT2D eigenvalue weighted by Crippen LogP contribution is 2.36. The first kappa shape index (κ1) is 26.4. The Hall–Kier alpha value is -2.65. The van der Waals surface area contributed by atoms with Gasteiger partial charge in [0.2, 0.25) is 11.8 Å². The fourth-order valence-electron chi connectivity index (χ4n) is 5.46. The van der Waals surface area contributed by atoms with Crippen molar-refractivity contribution >= 4 is 17.6 Å². The lowest BCUT2D eigenvalue weighted by molar-refractivity contribution is -0.144. The van der Waals surface area contributed by atoms with E-state index in [-0.39, 0.29) is 30.8 Å². The van der Waals surface area contributed by atoms with Gasteiger partial charge in [0.25, 0.3) is 0 Å². The van der Waals surface area contributed by atoms with Gasteiger partial charge in [-0.2, -0.15) is 0 Å². The maximum absolute atomic E-state index is 13.1. The highest BCUT2D eigenvalue weighted by atomic mass is 16.6. The molecule has 2 amide bonds. The van der Waals surface area contributed by atoms with E-state index in [9.17, 15) is 9.59 Å². The van der Waals surface area contributed by atoms with Gasteiger partial charge in [-0.15, -0.1) is 0 Å². The second-order valence-electron chi connectivity index (χ2n) is 11.0. The van der Waals surface area contributed by atoms with Gasteiger partial charge in [0.15, 0.2) is 0 Å². The monoisotopic (exact) mass is 501 g/mol. The van der Waals surface area contributed by atoms with Gasteiger partial charge in [0.05, 0.1) is 38.0 Å². The maximum Gasteiger partial charge on any atom is 0.410 e. The molecule has 2 aliphatic heterocycles. The quantitative estimate of drug-likeness (QED) is 0.658. The lowest BCUT2D eigenvalue weighted by atomic mass is 9.81. The van der Waals surface area contributed by atoms with Crippen molar-refractivity contribution in [3.63, 3.8) is 0 Å². The van der Waals surface area contributed by atoms with Crippen molar-refractivity contribution in [3.8, 4) is 5.88 Å². The van der Waals surface area contributed by atoms with E-state index in [0.717, 1.165) is 43.2 Å². The largest absolute Gasteiger partial charge is 0.481 e. The van der Waals surface area contributed by atoms with Gasteiger partial charge < -0.3 is 29.2 Å². The van der Waals surface area contributed by atoms with Gasteiger partial charge in [0.1, 0.15) is 12.2 Å². The second-order valence-corrected chi connectivity index (χ2v) is 11.0. The van der Waals surface area contributed by atoms with E-state index < -0.39 is 11.1 Å². The number of piperidine rings is 1. The van der Waals surface area contributed by atoms with Crippen LogP contribution < -0.4 is 10.1 Å². The maximum atomic E-state index is 13.1. The molecule has 3 unspecified atom stereocenters. The van der Waals surface area contributed by atoms with Gasteiger partial charge in [-0.1, -0.05) is 6.08 Å². The van der Waals surface area contributed by atoms with E-state index in [4.69, 9.17) is 18.9 Å². The van der Waals surface area contributed by atoms with E-state index in [2.05, 4.69) is 23.3 Å². The summed E-state index contributed by atoms with van der Waals surface area (Å²) in [4.78, 5) is 31.5. The summed E-state index contributed by atoms with van der Waals surface area (Å²) in [6.45, 7) is 8.86. The third-order valence-electron chi connectivity index (χ3n) is 7.14. The standard InChI is InChI=1S/C27H39N3O6/c1-18-11-13-28-24(33-5)23(18)19-7-9-20(10-8-19)35-15-21-27(17-34-16-22(31)29-27)12-6-14-30(21)25(32)36-26(2,3)4/h7,11,13,20-21H,6,8-10,12,14-17H2,1-5H3,(H,29,31). The topological polar surface area (TPSA) is 99.2 Å². The van der Waals surface area contributed by atoms with Gasteiger partial charge in [0, 0.05) is 18.3 Å². The van der Waals surface area contributed by atoms with Crippen LogP contribution >= 0.6 is 0 Å². The highest BCUT2D eigenvalue weighted by Gasteiger charge is 2.50. The van der Waals surface area contributed by atoms with Crippen molar-refractivity contribution in [1.82, 2.24) is 15.2 Å². The molecule has 1 aromatic heterocycles. The number of hydrogen-bond donors (Lipinski definition) is 1. The van der Waals surface area contributed by atoms with E-state index in [1.54, 1.807) is 18.2 Å². The first-order valence-corrected chi connectivity index (χ1v) is 12.8. The lowest BCUT2D eigenvalue weighted by Crippen LogP contribution is -2.72. The number of pyridine rings is 1. The molecule has 2 saturated heterocycles. The van der Waals surface area contributed by atoms with Crippen LogP contribution in [0.1, 0.15) is 64.0 Å². The number of allylic oxidation sites excluding steroid dienone is 1. The number of aromatic nitrogens is 1. The number of methoxy groups -OCH3 is 1. The molecule has 1 spiro atoms. The molecule has 36 heavy (non-hydrogen) atoms. The van der Waals surface area contributed by atoms with Crippen LogP contribution in [0.5, 0.6) is 5.88 Å². The molecule has 198 valence electrons. The van der Waals surface area contributed by atoms with Crippen molar-refractivity contribution in [2.45, 2.75) is 83.1 Å². The van der Waals surface area contributed by atoms with Crippen LogP contribution in [0.25, 0.3) is 5.57 Å². The number of amides is 2. The molecule has 9 nitrogen and oxygen atoms in total. The summed E-state index contributed by atoms with van der Waals surface area (Å²) in [5, 5.41) is 3.14. The zero-order valence-electron chi connectivity index (χ0n) is 22.1. The van der Waals surface area contributed by atoms with Gasteiger partial charge in [-0.05, 0) is 77.0 Å². The van der Waals surface area contributed by atoms with E-state index in [1.807, 2.05) is 26.8 Å². The number of morpholine rings is 1. The fraction of sp³-hybridized carbons (Fsp3) is 0.667. The Kier molecular flexibility index (Phi) is 7.90. The number of ether oxygens (including phenoxy) is 4. The normalized spacial score (nSPS) is 26.9. The van der Waals surface area contributed by atoms with Crippen LogP contribution in [0, 0.1) is 6.92 Å². The third-order valence-corrected chi connectivity index (χ3v) is 7.14. The number of rotatable bonds is 5. The molecule has 9 heteroatoms. The summed E-state index contributed by atoms with van der Waals surface area (Å²) < 4.78 is 23.3. The molecule has 0 aromatic carbocycles. The van der Waals surface area contributed by atoms with E-state index in [0.29, 0.717) is 25.6 Å². The predicted molar refractivity (Wildman–Crippen MR) is 135 cm³/mol. The van der Waals surface area contributed by atoms with Crippen molar-refractivity contribution < 1.29 is 28.5 Å². The average Bonchev–Trinajstić information content (AvgIpc) is 2.82. The molecule has 0 saturated carbocycles. The Morgan fingerprint density at radius 2 is 2.17 bits per heavy atom. The Labute approximate surface area is 213 Å². The van der Waals surface area contributed by atoms with Gasteiger partial charge >= 0.3 is 6.09 Å². The molecular weight excluding hydrogens is 462 g/mol. The van der Waals surface area contributed by atoms with Crippen molar-refractivity contribution in [2.75, 3.05) is 33.5 Å². The number of aryl methyl sites for hydroxylation is 1. The molecule has 3 heterocycles. The van der Waals surface area contributed by atoms with Crippen LogP contribution in [-0.4, -0.2) is 78.6 Å². The molecule has 4 rings (SSSR count). The number of carbonyl (C=O) groups excluding carboxylic acids is 2. The van der Waals surface area contributed by atoms with Crippen LogP contribution in [0.3, 0.4) is 0 Å². The summed E-state index contributed by atoms with van der Waals surface area (Å²) >= 11 is 0. The minimum Gasteiger partial charge on any atom is -0.481 e. The number of nitrogens with zero attached hydrogens (tertiary/aromatic N) is 2. The minimum atomic E-state index is -0.680. The summed E-state index contributed by atoms with van der Waals surface area (Å²) in [6.07, 6.45) is 7.50. The highest BCUT2D eigenvalue weighted by molar-refractivity contribution is 5.79. The first-order chi connectivity index (χ1) is 17.1. The van der Waals surface area contributed by atoms with Gasteiger partial charge in [-0.3, -0.25) is 4.79 Å². The smallest absolute Gasteiger partial charge is 0.410 e. The Bertz CT molecular complexity index is 1000. The van der Waals surface area contributed by atoms with Crippen LogP contribution in [0.2, 0.25) is 0 Å². The average molecular weight is 502 g/mol. The molecule has 1 N–H and O–H groups in total. The lowest BCUT2D eigenvalue weighted by Gasteiger charge is -2.51. The molecule has 2 fully saturated rings. The van der Waals surface area contributed by atoms with E-state index in [1.165, 1.54) is 5.57 Å². The number of hydrogen-bond acceptors (Lipinski definition) is 7. The van der Waals surface area contributed by atoms with Crippen LogP contribution in [-0.2, 0) is 19.0 Å². The molecule has 3 atom stereocenters. The van der Waals surface area contributed by atoms with Crippen molar-refractivity contribution in [2.24, 2.45) is 0 Å². The summed E-state index contributed by atoms with van der Waals surface area (Å²) in [7, 11) is 1.64.